The molecular formula is C15H16ClN3. The predicted molar refractivity (Wildman–Crippen MR) is 76.2 cm³/mol. The Morgan fingerprint density at radius 2 is 2.21 bits per heavy atom. The van der Waals surface area contributed by atoms with Crippen molar-refractivity contribution in [1.29, 1.82) is 5.26 Å². The van der Waals surface area contributed by atoms with E-state index < -0.39 is 0 Å². The van der Waals surface area contributed by atoms with Crippen molar-refractivity contribution in [3.63, 3.8) is 0 Å². The second-order valence-corrected chi connectivity index (χ2v) is 6.16. The third-order valence-corrected chi connectivity index (χ3v) is 4.11. The normalized spacial score (nSPS) is 23.9. The van der Waals surface area contributed by atoms with Gasteiger partial charge in [0.05, 0.1) is 28.0 Å². The van der Waals surface area contributed by atoms with Crippen molar-refractivity contribution in [3.05, 3.63) is 29.6 Å². The first kappa shape index (κ1) is 12.5. The number of alkyl halides is 1. The van der Waals surface area contributed by atoms with Crippen molar-refractivity contribution >= 4 is 22.6 Å². The van der Waals surface area contributed by atoms with Gasteiger partial charge in [-0.1, -0.05) is 6.92 Å². The summed E-state index contributed by atoms with van der Waals surface area (Å²) in [5.74, 6) is 1.68. The van der Waals surface area contributed by atoms with Crippen LogP contribution < -0.4 is 0 Å². The van der Waals surface area contributed by atoms with E-state index in [9.17, 15) is 0 Å². The van der Waals surface area contributed by atoms with Crippen molar-refractivity contribution in [3.8, 4) is 6.07 Å². The van der Waals surface area contributed by atoms with Gasteiger partial charge in [-0.25, -0.2) is 4.98 Å². The standard InChI is InChI=1S/C15H16ClN3/c1-9-5-12(6-9)19-14-7-11(8-17)3-4-13(14)18-15(19)10(2)16/h3-4,7,9-10,12H,5-6H2,1-2H3. The van der Waals surface area contributed by atoms with Crippen LogP contribution in [-0.4, -0.2) is 9.55 Å². The van der Waals surface area contributed by atoms with E-state index in [1.165, 1.54) is 12.8 Å². The summed E-state index contributed by atoms with van der Waals surface area (Å²) in [6, 6.07) is 8.32. The Kier molecular flexibility index (Phi) is 2.99. The van der Waals surface area contributed by atoms with Crippen LogP contribution in [0.25, 0.3) is 11.0 Å². The average Bonchev–Trinajstić information content (AvgIpc) is 2.73. The lowest BCUT2D eigenvalue weighted by Gasteiger charge is -2.35. The molecular weight excluding hydrogens is 258 g/mol. The Labute approximate surface area is 117 Å². The molecule has 0 saturated heterocycles. The second kappa shape index (κ2) is 4.54. The molecule has 1 fully saturated rings. The Bertz CT molecular complexity index is 660. The summed E-state index contributed by atoms with van der Waals surface area (Å²) in [7, 11) is 0. The molecule has 1 aromatic heterocycles. The molecule has 3 nitrogen and oxygen atoms in total. The van der Waals surface area contributed by atoms with Gasteiger partial charge in [0.25, 0.3) is 0 Å². The van der Waals surface area contributed by atoms with E-state index in [-0.39, 0.29) is 5.38 Å². The van der Waals surface area contributed by atoms with Gasteiger partial charge in [0.2, 0.25) is 0 Å². The van der Waals surface area contributed by atoms with Gasteiger partial charge in [-0.05, 0) is 43.9 Å². The summed E-state index contributed by atoms with van der Waals surface area (Å²) in [5, 5.41) is 8.93. The largest absolute Gasteiger partial charge is 0.324 e. The zero-order valence-electron chi connectivity index (χ0n) is 11.1. The Hall–Kier alpha value is -1.53. The van der Waals surface area contributed by atoms with Crippen molar-refractivity contribution in [1.82, 2.24) is 9.55 Å². The van der Waals surface area contributed by atoms with E-state index in [1.807, 2.05) is 25.1 Å². The molecule has 0 amide bonds. The van der Waals surface area contributed by atoms with Crippen LogP contribution in [0.5, 0.6) is 0 Å². The highest BCUT2D eigenvalue weighted by Gasteiger charge is 2.31. The molecule has 19 heavy (non-hydrogen) atoms. The van der Waals surface area contributed by atoms with Crippen LogP contribution in [0.3, 0.4) is 0 Å². The van der Waals surface area contributed by atoms with Gasteiger partial charge >= 0.3 is 0 Å². The summed E-state index contributed by atoms with van der Waals surface area (Å²) in [6.45, 7) is 4.21. The van der Waals surface area contributed by atoms with Crippen molar-refractivity contribution < 1.29 is 0 Å². The number of benzene rings is 1. The molecule has 1 aliphatic rings. The molecule has 1 saturated carbocycles. The number of nitrogens with zero attached hydrogens (tertiary/aromatic N) is 3. The number of aromatic nitrogens is 2. The molecule has 1 atom stereocenters. The van der Waals surface area contributed by atoms with E-state index in [2.05, 4.69) is 22.5 Å². The van der Waals surface area contributed by atoms with Crippen molar-refractivity contribution in [2.45, 2.75) is 38.1 Å². The smallest absolute Gasteiger partial charge is 0.127 e. The highest BCUT2D eigenvalue weighted by Crippen LogP contribution is 2.41. The number of fused-ring (bicyclic) bond motifs is 1. The van der Waals surface area contributed by atoms with Gasteiger partial charge in [0.15, 0.2) is 0 Å². The van der Waals surface area contributed by atoms with Crippen LogP contribution in [0.15, 0.2) is 18.2 Å². The van der Waals surface area contributed by atoms with E-state index in [4.69, 9.17) is 16.9 Å². The Balaban J connectivity index is 2.19. The first-order valence-electron chi connectivity index (χ1n) is 6.66. The summed E-state index contributed by atoms with van der Waals surface area (Å²) in [4.78, 5) is 4.64. The summed E-state index contributed by atoms with van der Waals surface area (Å²) in [5.41, 5.74) is 2.65. The fourth-order valence-electron chi connectivity index (χ4n) is 2.92. The minimum atomic E-state index is -0.117. The molecule has 0 bridgehead atoms. The number of halogens is 1. The maximum atomic E-state index is 9.05. The summed E-state index contributed by atoms with van der Waals surface area (Å²) in [6.07, 6.45) is 2.33. The zero-order valence-corrected chi connectivity index (χ0v) is 11.9. The lowest BCUT2D eigenvalue weighted by Crippen LogP contribution is -2.26. The van der Waals surface area contributed by atoms with E-state index in [0.717, 1.165) is 22.8 Å². The monoisotopic (exact) mass is 273 g/mol. The number of imidazole rings is 1. The fraction of sp³-hybridized carbons (Fsp3) is 0.467. The van der Waals surface area contributed by atoms with Gasteiger partial charge in [0.1, 0.15) is 5.82 Å². The van der Waals surface area contributed by atoms with E-state index in [1.54, 1.807) is 0 Å². The molecule has 0 radical (unpaired) electrons. The molecule has 1 heterocycles. The van der Waals surface area contributed by atoms with Crippen LogP contribution in [-0.2, 0) is 0 Å². The van der Waals surface area contributed by atoms with Gasteiger partial charge in [0, 0.05) is 6.04 Å². The summed E-state index contributed by atoms with van der Waals surface area (Å²) < 4.78 is 2.24. The van der Waals surface area contributed by atoms with E-state index in [0.29, 0.717) is 11.6 Å². The third kappa shape index (κ3) is 2.01. The Morgan fingerprint density at radius 3 is 2.79 bits per heavy atom. The molecule has 98 valence electrons. The van der Waals surface area contributed by atoms with Gasteiger partial charge in [-0.3, -0.25) is 0 Å². The average molecular weight is 274 g/mol. The van der Waals surface area contributed by atoms with Crippen molar-refractivity contribution in [2.75, 3.05) is 0 Å². The first-order valence-corrected chi connectivity index (χ1v) is 7.10. The number of nitriles is 1. The van der Waals surface area contributed by atoms with Crippen LogP contribution >= 0.6 is 11.6 Å². The molecule has 0 aliphatic heterocycles. The topological polar surface area (TPSA) is 41.6 Å². The number of hydrogen-bond donors (Lipinski definition) is 0. The molecule has 1 aromatic carbocycles. The number of rotatable bonds is 2. The third-order valence-electron chi connectivity index (χ3n) is 3.92. The molecule has 1 aliphatic carbocycles. The van der Waals surface area contributed by atoms with Crippen LogP contribution in [0.2, 0.25) is 0 Å². The molecule has 4 heteroatoms. The highest BCUT2D eigenvalue weighted by molar-refractivity contribution is 6.20. The first-order chi connectivity index (χ1) is 9.10. The van der Waals surface area contributed by atoms with Crippen LogP contribution in [0.4, 0.5) is 0 Å². The van der Waals surface area contributed by atoms with Crippen LogP contribution in [0.1, 0.15) is 49.5 Å². The number of hydrogen-bond acceptors (Lipinski definition) is 2. The Morgan fingerprint density at radius 1 is 1.47 bits per heavy atom. The predicted octanol–water partition coefficient (Wildman–Crippen LogP) is 4.18. The molecule has 2 aromatic rings. The molecule has 1 unspecified atom stereocenters. The van der Waals surface area contributed by atoms with Gasteiger partial charge in [-0.2, -0.15) is 5.26 Å². The summed E-state index contributed by atoms with van der Waals surface area (Å²) >= 11 is 6.27. The molecule has 3 rings (SSSR count). The van der Waals surface area contributed by atoms with Crippen molar-refractivity contribution in [2.24, 2.45) is 5.92 Å². The second-order valence-electron chi connectivity index (χ2n) is 5.50. The van der Waals surface area contributed by atoms with Crippen LogP contribution in [0, 0.1) is 17.2 Å². The maximum Gasteiger partial charge on any atom is 0.127 e. The van der Waals surface area contributed by atoms with Gasteiger partial charge in [-0.15, -0.1) is 11.6 Å². The zero-order chi connectivity index (χ0) is 13.6. The minimum absolute atomic E-state index is 0.117. The molecule has 0 N–H and O–H groups in total. The lowest BCUT2D eigenvalue weighted by atomic mass is 9.81. The highest BCUT2D eigenvalue weighted by atomic mass is 35.5. The lowest BCUT2D eigenvalue weighted by molar-refractivity contribution is 0.216. The molecule has 0 spiro atoms. The van der Waals surface area contributed by atoms with E-state index >= 15 is 0 Å². The minimum Gasteiger partial charge on any atom is -0.324 e. The fourth-order valence-corrected chi connectivity index (χ4v) is 3.07. The SMILES string of the molecule is CC1CC(n2c(C(C)Cl)nc3ccc(C#N)cc32)C1. The quantitative estimate of drug-likeness (QED) is 0.770. The van der Waals surface area contributed by atoms with Gasteiger partial charge < -0.3 is 4.57 Å². The maximum absolute atomic E-state index is 9.05.